The Kier molecular flexibility index (Phi) is 2.93. The van der Waals surface area contributed by atoms with Crippen LogP contribution in [0.2, 0.25) is 0 Å². The van der Waals surface area contributed by atoms with E-state index in [2.05, 4.69) is 21.8 Å². The minimum atomic E-state index is 0.286. The zero-order chi connectivity index (χ0) is 13.5. The number of nitrogens with zero attached hydrogens (tertiary/aromatic N) is 4. The average Bonchev–Trinajstić information content (AvgIpc) is 2.82. The smallest absolute Gasteiger partial charge is 0.156 e. The third-order valence-corrected chi connectivity index (χ3v) is 4.39. The van der Waals surface area contributed by atoms with Crippen LogP contribution in [0.1, 0.15) is 19.8 Å². The van der Waals surface area contributed by atoms with Crippen molar-refractivity contribution < 1.29 is 0 Å². The van der Waals surface area contributed by atoms with E-state index in [1.54, 1.807) is 0 Å². The number of fused-ring (bicyclic) bond motifs is 1. The zero-order valence-corrected chi connectivity index (χ0v) is 11.6. The third-order valence-electron chi connectivity index (χ3n) is 4.39. The van der Waals surface area contributed by atoms with Crippen LogP contribution in [-0.2, 0) is 7.05 Å². The second-order valence-corrected chi connectivity index (χ2v) is 5.86. The minimum Gasteiger partial charge on any atom is -0.355 e. The molecule has 0 saturated carbocycles. The number of anilines is 1. The Morgan fingerprint density at radius 1 is 1.32 bits per heavy atom. The molecule has 0 radical (unpaired) electrons. The van der Waals surface area contributed by atoms with Crippen LogP contribution < -0.4 is 10.6 Å². The molecule has 5 nitrogen and oxygen atoms in total. The number of piperidine rings is 1. The Morgan fingerprint density at radius 2 is 2.05 bits per heavy atom. The molecule has 3 heterocycles. The Morgan fingerprint density at radius 3 is 2.74 bits per heavy atom. The van der Waals surface area contributed by atoms with E-state index in [0.717, 1.165) is 49.3 Å². The molecule has 1 aliphatic rings. The first-order valence-corrected chi connectivity index (χ1v) is 6.84. The van der Waals surface area contributed by atoms with Crippen molar-refractivity contribution in [3.63, 3.8) is 0 Å². The molecule has 0 atom stereocenters. The van der Waals surface area contributed by atoms with Crippen LogP contribution in [0.3, 0.4) is 0 Å². The fourth-order valence-electron chi connectivity index (χ4n) is 2.74. The van der Waals surface area contributed by atoms with Crippen molar-refractivity contribution in [1.29, 1.82) is 0 Å². The number of imidazole rings is 1. The van der Waals surface area contributed by atoms with Crippen molar-refractivity contribution in [2.75, 3.05) is 24.5 Å². The second-order valence-electron chi connectivity index (χ2n) is 5.86. The van der Waals surface area contributed by atoms with E-state index in [4.69, 9.17) is 5.73 Å². The van der Waals surface area contributed by atoms with Crippen molar-refractivity contribution in [3.05, 3.63) is 18.6 Å². The van der Waals surface area contributed by atoms with Crippen LogP contribution in [0, 0.1) is 5.41 Å². The van der Waals surface area contributed by atoms with Gasteiger partial charge in [-0.15, -0.1) is 0 Å². The van der Waals surface area contributed by atoms with Crippen molar-refractivity contribution in [1.82, 2.24) is 14.5 Å². The van der Waals surface area contributed by atoms with E-state index < -0.39 is 0 Å². The van der Waals surface area contributed by atoms with E-state index in [0.29, 0.717) is 0 Å². The highest BCUT2D eigenvalue weighted by molar-refractivity contribution is 5.86. The Hall–Kier alpha value is -1.62. The quantitative estimate of drug-likeness (QED) is 0.888. The lowest BCUT2D eigenvalue weighted by Gasteiger charge is -2.39. The lowest BCUT2D eigenvalue weighted by Crippen LogP contribution is -2.42. The molecule has 0 unspecified atom stereocenters. The summed E-state index contributed by atoms with van der Waals surface area (Å²) in [5.41, 5.74) is 8.29. The first-order valence-electron chi connectivity index (χ1n) is 6.84. The largest absolute Gasteiger partial charge is 0.355 e. The molecular formula is C14H21N5. The number of rotatable bonds is 2. The summed E-state index contributed by atoms with van der Waals surface area (Å²) in [6.45, 7) is 5.06. The summed E-state index contributed by atoms with van der Waals surface area (Å²) in [4.78, 5) is 11.4. The summed E-state index contributed by atoms with van der Waals surface area (Å²) in [6, 6.07) is 2.01. The van der Waals surface area contributed by atoms with Crippen molar-refractivity contribution >= 4 is 16.9 Å². The molecule has 0 spiro atoms. The molecule has 1 fully saturated rings. The van der Waals surface area contributed by atoms with Gasteiger partial charge in [-0.3, -0.25) is 0 Å². The zero-order valence-electron chi connectivity index (χ0n) is 11.6. The molecule has 0 aliphatic carbocycles. The average molecular weight is 259 g/mol. The van der Waals surface area contributed by atoms with Gasteiger partial charge in [-0.2, -0.15) is 0 Å². The van der Waals surface area contributed by atoms with Crippen LogP contribution >= 0.6 is 0 Å². The summed E-state index contributed by atoms with van der Waals surface area (Å²) in [5.74, 6) is 1.01. The summed E-state index contributed by atoms with van der Waals surface area (Å²) < 4.78 is 2.04. The van der Waals surface area contributed by atoms with Gasteiger partial charge in [0.25, 0.3) is 0 Å². The molecule has 5 heteroatoms. The standard InChI is InChI=1S/C14H21N5/c1-14(9-15)4-7-19(8-5-14)13-12-11(3-6-16-13)18(2)10-17-12/h3,6,10H,4-5,7-9,15H2,1-2H3. The molecule has 3 rings (SSSR count). The Bertz CT molecular complexity index is 581. The predicted octanol–water partition coefficient (Wildman–Crippen LogP) is 1.53. The summed E-state index contributed by atoms with van der Waals surface area (Å²) in [7, 11) is 2.01. The lowest BCUT2D eigenvalue weighted by atomic mass is 9.80. The van der Waals surface area contributed by atoms with Crippen LogP contribution in [0.5, 0.6) is 0 Å². The summed E-state index contributed by atoms with van der Waals surface area (Å²) in [5, 5.41) is 0. The van der Waals surface area contributed by atoms with E-state index in [1.165, 1.54) is 0 Å². The van der Waals surface area contributed by atoms with Crippen LogP contribution in [0.4, 0.5) is 5.82 Å². The van der Waals surface area contributed by atoms with Gasteiger partial charge < -0.3 is 15.2 Å². The first-order chi connectivity index (χ1) is 9.13. The fraction of sp³-hybridized carbons (Fsp3) is 0.571. The summed E-state index contributed by atoms with van der Waals surface area (Å²) in [6.07, 6.45) is 5.96. The van der Waals surface area contributed by atoms with Gasteiger partial charge in [0.1, 0.15) is 5.52 Å². The highest BCUT2D eigenvalue weighted by Crippen LogP contribution is 2.33. The molecule has 102 valence electrons. The van der Waals surface area contributed by atoms with Crippen molar-refractivity contribution in [2.45, 2.75) is 19.8 Å². The SMILES string of the molecule is Cn1cnc2c(N3CCC(C)(CN)CC3)nccc21. The lowest BCUT2D eigenvalue weighted by molar-refractivity contribution is 0.258. The minimum absolute atomic E-state index is 0.286. The molecule has 1 saturated heterocycles. The molecular weight excluding hydrogens is 238 g/mol. The monoisotopic (exact) mass is 259 g/mol. The molecule has 0 amide bonds. The van der Waals surface area contributed by atoms with Crippen LogP contribution in [-0.4, -0.2) is 34.2 Å². The maximum Gasteiger partial charge on any atom is 0.156 e. The highest BCUT2D eigenvalue weighted by atomic mass is 15.2. The normalized spacial score (nSPS) is 19.0. The third kappa shape index (κ3) is 2.08. The molecule has 1 aliphatic heterocycles. The van der Waals surface area contributed by atoms with Gasteiger partial charge in [0.2, 0.25) is 0 Å². The summed E-state index contributed by atoms with van der Waals surface area (Å²) >= 11 is 0. The maximum absolute atomic E-state index is 5.87. The van der Waals surface area contributed by atoms with Crippen molar-refractivity contribution in [2.24, 2.45) is 18.2 Å². The highest BCUT2D eigenvalue weighted by Gasteiger charge is 2.30. The number of nitrogens with two attached hydrogens (primary N) is 1. The molecule has 2 N–H and O–H groups in total. The number of hydrogen-bond donors (Lipinski definition) is 1. The van der Waals surface area contributed by atoms with E-state index >= 15 is 0 Å². The molecule has 2 aromatic heterocycles. The molecule has 19 heavy (non-hydrogen) atoms. The van der Waals surface area contributed by atoms with Gasteiger partial charge in [0, 0.05) is 26.3 Å². The van der Waals surface area contributed by atoms with Gasteiger partial charge in [-0.05, 0) is 30.9 Å². The van der Waals surface area contributed by atoms with E-state index in [-0.39, 0.29) is 5.41 Å². The van der Waals surface area contributed by atoms with Gasteiger partial charge >= 0.3 is 0 Å². The molecule has 0 bridgehead atoms. The predicted molar refractivity (Wildman–Crippen MR) is 77.1 cm³/mol. The fourth-order valence-corrected chi connectivity index (χ4v) is 2.74. The number of hydrogen-bond acceptors (Lipinski definition) is 4. The van der Waals surface area contributed by atoms with Crippen LogP contribution in [0.25, 0.3) is 11.0 Å². The maximum atomic E-state index is 5.87. The number of aryl methyl sites for hydroxylation is 1. The topological polar surface area (TPSA) is 60.0 Å². The first kappa shape index (κ1) is 12.4. The molecule has 2 aromatic rings. The number of pyridine rings is 1. The Labute approximate surface area is 113 Å². The van der Waals surface area contributed by atoms with E-state index in [9.17, 15) is 0 Å². The van der Waals surface area contributed by atoms with Gasteiger partial charge in [-0.25, -0.2) is 9.97 Å². The van der Waals surface area contributed by atoms with Crippen LogP contribution in [0.15, 0.2) is 18.6 Å². The molecule has 0 aromatic carbocycles. The van der Waals surface area contributed by atoms with Gasteiger partial charge in [-0.1, -0.05) is 6.92 Å². The Balaban J connectivity index is 1.90. The van der Waals surface area contributed by atoms with E-state index in [1.807, 2.05) is 30.2 Å². The number of aromatic nitrogens is 3. The van der Waals surface area contributed by atoms with Gasteiger partial charge in [0.15, 0.2) is 5.82 Å². The van der Waals surface area contributed by atoms with Crippen molar-refractivity contribution in [3.8, 4) is 0 Å². The van der Waals surface area contributed by atoms with Gasteiger partial charge in [0.05, 0.1) is 11.8 Å². The second kappa shape index (κ2) is 4.49.